The fraction of sp³-hybridized carbons (Fsp3) is 0.909. The normalized spacial score (nSPS) is 12.5. The van der Waals surface area contributed by atoms with E-state index in [-0.39, 0.29) is 11.9 Å². The highest BCUT2D eigenvalue weighted by Crippen LogP contribution is 1.97. The van der Waals surface area contributed by atoms with Crippen LogP contribution >= 0.6 is 11.8 Å². The number of hydrogen-bond donors (Lipinski definition) is 2. The number of hydrogen-bond acceptors (Lipinski definition) is 3. The zero-order chi connectivity index (χ0) is 11.5. The number of carbonyl (C=O) groups is 1. The van der Waals surface area contributed by atoms with Gasteiger partial charge in [0.15, 0.2) is 0 Å². The molecule has 0 aliphatic carbocycles. The number of rotatable bonds is 9. The molecule has 90 valence electrons. The minimum atomic E-state index is 0.106. The Morgan fingerprint density at radius 1 is 1.40 bits per heavy atom. The lowest BCUT2D eigenvalue weighted by Crippen LogP contribution is -2.38. The van der Waals surface area contributed by atoms with E-state index in [0.29, 0.717) is 6.54 Å². The molecule has 1 unspecified atom stereocenters. The molecule has 0 aliphatic heterocycles. The van der Waals surface area contributed by atoms with Gasteiger partial charge >= 0.3 is 0 Å². The van der Waals surface area contributed by atoms with Gasteiger partial charge in [0.05, 0.1) is 6.54 Å². The van der Waals surface area contributed by atoms with Gasteiger partial charge in [0, 0.05) is 6.04 Å². The van der Waals surface area contributed by atoms with E-state index in [0.717, 1.165) is 19.4 Å². The molecule has 3 nitrogen and oxygen atoms in total. The number of carbonyl (C=O) groups excluding carboxylic acids is 1. The van der Waals surface area contributed by atoms with Crippen molar-refractivity contribution in [1.82, 2.24) is 10.6 Å². The fourth-order valence-corrected chi connectivity index (χ4v) is 1.62. The van der Waals surface area contributed by atoms with Gasteiger partial charge in [-0.1, -0.05) is 6.92 Å². The third-order valence-corrected chi connectivity index (χ3v) is 2.95. The molecule has 0 rings (SSSR count). The molecule has 0 saturated heterocycles. The Balaban J connectivity index is 3.24. The van der Waals surface area contributed by atoms with Crippen molar-refractivity contribution in [3.63, 3.8) is 0 Å². The molecule has 0 bridgehead atoms. The first-order valence-corrected chi connectivity index (χ1v) is 7.09. The highest BCUT2D eigenvalue weighted by atomic mass is 32.2. The first kappa shape index (κ1) is 14.8. The van der Waals surface area contributed by atoms with Crippen LogP contribution in [-0.4, -0.2) is 37.0 Å². The zero-order valence-corrected chi connectivity index (χ0v) is 11.0. The van der Waals surface area contributed by atoms with Crippen LogP contribution < -0.4 is 10.6 Å². The highest BCUT2D eigenvalue weighted by molar-refractivity contribution is 7.98. The lowest BCUT2D eigenvalue weighted by molar-refractivity contribution is -0.120. The molecule has 4 heteroatoms. The topological polar surface area (TPSA) is 41.1 Å². The summed E-state index contributed by atoms with van der Waals surface area (Å²) in [5.74, 6) is 1.31. The molecule has 0 fully saturated rings. The first-order chi connectivity index (χ1) is 7.20. The molecule has 0 spiro atoms. The lowest BCUT2D eigenvalue weighted by atomic mass is 10.2. The molecule has 0 radical (unpaired) electrons. The molecule has 0 aromatic rings. The van der Waals surface area contributed by atoms with Gasteiger partial charge in [-0.3, -0.25) is 4.79 Å². The summed E-state index contributed by atoms with van der Waals surface area (Å²) in [6.07, 6.45) is 5.48. The molecule has 2 N–H and O–H groups in total. The molecule has 1 atom stereocenters. The van der Waals surface area contributed by atoms with Crippen LogP contribution in [0.15, 0.2) is 0 Å². The van der Waals surface area contributed by atoms with Crippen molar-refractivity contribution in [2.75, 3.05) is 25.1 Å². The van der Waals surface area contributed by atoms with E-state index in [2.05, 4.69) is 23.8 Å². The minimum absolute atomic E-state index is 0.106. The smallest absolute Gasteiger partial charge is 0.234 e. The Bertz CT molecular complexity index is 165. The van der Waals surface area contributed by atoms with Crippen molar-refractivity contribution in [1.29, 1.82) is 0 Å². The van der Waals surface area contributed by atoms with E-state index in [9.17, 15) is 4.79 Å². The maximum atomic E-state index is 11.3. The number of amides is 1. The Kier molecular flexibility index (Phi) is 10.2. The largest absolute Gasteiger partial charge is 0.353 e. The van der Waals surface area contributed by atoms with Crippen LogP contribution in [0.2, 0.25) is 0 Å². The SMILES string of the molecule is CCC(C)NC(=O)CNCCCCSC. The number of nitrogens with one attached hydrogen (secondary N) is 2. The molecule has 0 aliphatic rings. The summed E-state index contributed by atoms with van der Waals surface area (Å²) in [4.78, 5) is 11.3. The van der Waals surface area contributed by atoms with Gasteiger partial charge in [0.1, 0.15) is 0 Å². The Labute approximate surface area is 97.8 Å². The van der Waals surface area contributed by atoms with Crippen LogP contribution in [0.1, 0.15) is 33.1 Å². The quantitative estimate of drug-likeness (QED) is 0.594. The molecule has 0 heterocycles. The van der Waals surface area contributed by atoms with Crippen LogP contribution in [0.25, 0.3) is 0 Å². The van der Waals surface area contributed by atoms with Gasteiger partial charge in [-0.2, -0.15) is 11.8 Å². The van der Waals surface area contributed by atoms with E-state index >= 15 is 0 Å². The van der Waals surface area contributed by atoms with Gasteiger partial charge in [0.25, 0.3) is 0 Å². The van der Waals surface area contributed by atoms with Crippen LogP contribution in [0.5, 0.6) is 0 Å². The monoisotopic (exact) mass is 232 g/mol. The lowest BCUT2D eigenvalue weighted by Gasteiger charge is -2.11. The summed E-state index contributed by atoms with van der Waals surface area (Å²) in [6, 6.07) is 0.288. The van der Waals surface area contributed by atoms with Crippen molar-refractivity contribution < 1.29 is 4.79 Å². The van der Waals surface area contributed by atoms with E-state index in [1.54, 1.807) is 0 Å². The van der Waals surface area contributed by atoms with Crippen LogP contribution in [0.3, 0.4) is 0 Å². The second-order valence-electron chi connectivity index (χ2n) is 3.75. The summed E-state index contributed by atoms with van der Waals surface area (Å²) in [7, 11) is 0. The Morgan fingerprint density at radius 2 is 2.13 bits per heavy atom. The summed E-state index contributed by atoms with van der Waals surface area (Å²) >= 11 is 1.87. The van der Waals surface area contributed by atoms with E-state index in [1.165, 1.54) is 12.2 Å². The predicted molar refractivity (Wildman–Crippen MR) is 68.4 cm³/mol. The predicted octanol–water partition coefficient (Wildman–Crippen LogP) is 1.63. The van der Waals surface area contributed by atoms with E-state index in [4.69, 9.17) is 0 Å². The van der Waals surface area contributed by atoms with Gasteiger partial charge < -0.3 is 10.6 Å². The van der Waals surface area contributed by atoms with Gasteiger partial charge in [-0.15, -0.1) is 0 Å². The summed E-state index contributed by atoms with van der Waals surface area (Å²) < 4.78 is 0. The van der Waals surface area contributed by atoms with Crippen molar-refractivity contribution in [3.05, 3.63) is 0 Å². The number of thioether (sulfide) groups is 1. The minimum Gasteiger partial charge on any atom is -0.353 e. The summed E-state index contributed by atoms with van der Waals surface area (Å²) in [6.45, 7) is 5.48. The van der Waals surface area contributed by atoms with Crippen molar-refractivity contribution in [2.45, 2.75) is 39.2 Å². The average molecular weight is 232 g/mol. The van der Waals surface area contributed by atoms with Crippen molar-refractivity contribution >= 4 is 17.7 Å². The maximum absolute atomic E-state index is 11.3. The zero-order valence-electron chi connectivity index (χ0n) is 10.1. The van der Waals surface area contributed by atoms with E-state index in [1.807, 2.05) is 18.7 Å². The Hall–Kier alpha value is -0.220. The fourth-order valence-electron chi connectivity index (χ4n) is 1.13. The van der Waals surface area contributed by atoms with Crippen LogP contribution in [0, 0.1) is 0 Å². The van der Waals surface area contributed by atoms with Gasteiger partial charge in [-0.25, -0.2) is 0 Å². The van der Waals surface area contributed by atoms with E-state index < -0.39 is 0 Å². The third kappa shape index (κ3) is 10.1. The molecule has 15 heavy (non-hydrogen) atoms. The maximum Gasteiger partial charge on any atom is 0.234 e. The van der Waals surface area contributed by atoms with Crippen molar-refractivity contribution in [2.24, 2.45) is 0 Å². The Morgan fingerprint density at radius 3 is 2.73 bits per heavy atom. The molecule has 0 aromatic heterocycles. The molecule has 1 amide bonds. The summed E-state index contributed by atoms with van der Waals surface area (Å²) in [5.41, 5.74) is 0. The van der Waals surface area contributed by atoms with Crippen LogP contribution in [0.4, 0.5) is 0 Å². The van der Waals surface area contributed by atoms with Gasteiger partial charge in [0.2, 0.25) is 5.91 Å². The highest BCUT2D eigenvalue weighted by Gasteiger charge is 2.03. The molecular formula is C11H24N2OS. The summed E-state index contributed by atoms with van der Waals surface area (Å²) in [5, 5.41) is 6.08. The standard InChI is InChI=1S/C11H24N2OS/c1-4-10(2)13-11(14)9-12-7-5-6-8-15-3/h10,12H,4-9H2,1-3H3,(H,13,14). The molecular weight excluding hydrogens is 208 g/mol. The van der Waals surface area contributed by atoms with Gasteiger partial charge in [-0.05, 0) is 44.7 Å². The van der Waals surface area contributed by atoms with Crippen molar-refractivity contribution in [3.8, 4) is 0 Å². The first-order valence-electron chi connectivity index (χ1n) is 5.69. The second kappa shape index (κ2) is 10.3. The molecule has 0 aromatic carbocycles. The molecule has 0 saturated carbocycles. The third-order valence-electron chi connectivity index (χ3n) is 2.26. The average Bonchev–Trinajstić information content (AvgIpc) is 2.23. The number of unbranched alkanes of at least 4 members (excludes halogenated alkanes) is 1. The van der Waals surface area contributed by atoms with Crippen LogP contribution in [-0.2, 0) is 4.79 Å². The second-order valence-corrected chi connectivity index (χ2v) is 4.74.